The highest BCUT2D eigenvalue weighted by molar-refractivity contribution is 6.06. The first-order valence-corrected chi connectivity index (χ1v) is 10.6. The van der Waals surface area contributed by atoms with Gasteiger partial charge >= 0.3 is 0 Å². The molecule has 1 aromatic carbocycles. The van der Waals surface area contributed by atoms with E-state index >= 15 is 0 Å². The van der Waals surface area contributed by atoms with Crippen molar-refractivity contribution in [1.82, 2.24) is 29.6 Å². The lowest BCUT2D eigenvalue weighted by atomic mass is 10.2. The van der Waals surface area contributed by atoms with Crippen LogP contribution in [0.5, 0.6) is 0 Å². The van der Waals surface area contributed by atoms with E-state index in [9.17, 15) is 9.59 Å². The number of benzene rings is 1. The van der Waals surface area contributed by atoms with Gasteiger partial charge in [0.25, 0.3) is 5.56 Å². The van der Waals surface area contributed by atoms with Gasteiger partial charge in [-0.05, 0) is 32.3 Å². The molecule has 3 heterocycles. The predicted molar refractivity (Wildman–Crippen MR) is 115 cm³/mol. The Hall–Kier alpha value is -3.49. The molecule has 1 aliphatic carbocycles. The lowest BCUT2D eigenvalue weighted by Crippen LogP contribution is -2.35. The van der Waals surface area contributed by atoms with E-state index in [2.05, 4.69) is 20.4 Å². The predicted octanol–water partition coefficient (Wildman–Crippen LogP) is 2.57. The van der Waals surface area contributed by atoms with Crippen molar-refractivity contribution in [3.05, 3.63) is 52.7 Å². The second-order valence-electron chi connectivity index (χ2n) is 8.18. The minimum absolute atomic E-state index is 0.0433. The van der Waals surface area contributed by atoms with Crippen LogP contribution in [0.3, 0.4) is 0 Å². The second-order valence-corrected chi connectivity index (χ2v) is 8.18. The van der Waals surface area contributed by atoms with Crippen molar-refractivity contribution < 1.29 is 9.32 Å². The molecule has 0 spiro atoms. The fourth-order valence-corrected chi connectivity index (χ4v) is 3.78. The van der Waals surface area contributed by atoms with Gasteiger partial charge in [-0.3, -0.25) is 14.2 Å². The summed E-state index contributed by atoms with van der Waals surface area (Å²) >= 11 is 0. The number of rotatable bonds is 7. The average Bonchev–Trinajstić information content (AvgIpc) is 3.44. The van der Waals surface area contributed by atoms with Crippen LogP contribution in [-0.4, -0.2) is 36.2 Å². The molecule has 3 aromatic heterocycles. The summed E-state index contributed by atoms with van der Waals surface area (Å²) in [5.74, 6) is 1.31. The van der Waals surface area contributed by atoms with Gasteiger partial charge in [-0.15, -0.1) is 0 Å². The van der Waals surface area contributed by atoms with Crippen LogP contribution in [0, 0.1) is 0 Å². The summed E-state index contributed by atoms with van der Waals surface area (Å²) in [5, 5.41) is 7.82. The molecule has 1 atom stereocenters. The zero-order valence-electron chi connectivity index (χ0n) is 17.5. The van der Waals surface area contributed by atoms with E-state index in [0.29, 0.717) is 28.7 Å². The van der Waals surface area contributed by atoms with Gasteiger partial charge in [-0.1, -0.05) is 30.3 Å². The SMILES string of the molecule is CC[C@H](C)NC(=O)Cn1c2ccccc2c2ncn(Cc3nc(C4CC4)no3)c(=O)c21. The standard InChI is InChI=1S/C22H24N6O3/c1-3-13(2)24-17(29)10-28-16-7-5-4-6-15(16)19-20(28)22(30)27(12-23-19)11-18-25-21(26-31-18)14-8-9-14/h4-7,12-14H,3,8-11H2,1-2H3,(H,24,29)/t13-/m0/s1. The zero-order valence-corrected chi connectivity index (χ0v) is 17.5. The number of hydrogen-bond donors (Lipinski definition) is 1. The molecule has 31 heavy (non-hydrogen) atoms. The third kappa shape index (κ3) is 3.60. The van der Waals surface area contributed by atoms with Crippen LogP contribution in [0.1, 0.15) is 50.7 Å². The maximum Gasteiger partial charge on any atom is 0.278 e. The third-order valence-corrected chi connectivity index (χ3v) is 5.79. The van der Waals surface area contributed by atoms with Gasteiger partial charge in [-0.25, -0.2) is 4.98 Å². The van der Waals surface area contributed by atoms with Crippen LogP contribution in [0.15, 0.2) is 39.9 Å². The minimum atomic E-state index is -0.247. The Balaban J connectivity index is 1.57. The minimum Gasteiger partial charge on any atom is -0.352 e. The van der Waals surface area contributed by atoms with E-state index < -0.39 is 0 Å². The molecule has 0 aliphatic heterocycles. The molecular weight excluding hydrogens is 396 g/mol. The van der Waals surface area contributed by atoms with Gasteiger partial charge in [0.1, 0.15) is 24.1 Å². The zero-order chi connectivity index (χ0) is 21.5. The molecule has 9 heteroatoms. The van der Waals surface area contributed by atoms with Gasteiger partial charge in [0.15, 0.2) is 5.82 Å². The molecule has 1 amide bonds. The van der Waals surface area contributed by atoms with Crippen molar-refractivity contribution in [3.8, 4) is 0 Å². The molecule has 5 rings (SSSR count). The fraction of sp³-hybridized carbons (Fsp3) is 0.409. The van der Waals surface area contributed by atoms with Gasteiger partial charge in [0, 0.05) is 17.3 Å². The highest BCUT2D eigenvalue weighted by atomic mass is 16.5. The van der Waals surface area contributed by atoms with Gasteiger partial charge in [-0.2, -0.15) is 4.98 Å². The van der Waals surface area contributed by atoms with Crippen molar-refractivity contribution >= 4 is 27.8 Å². The van der Waals surface area contributed by atoms with Crippen LogP contribution in [0.4, 0.5) is 0 Å². The number of amides is 1. The quantitative estimate of drug-likeness (QED) is 0.492. The summed E-state index contributed by atoms with van der Waals surface area (Å²) in [4.78, 5) is 35.0. The Labute approximate surface area is 178 Å². The molecule has 160 valence electrons. The number of carbonyl (C=O) groups excluding carboxylic acids is 1. The number of hydrogen-bond acceptors (Lipinski definition) is 6. The van der Waals surface area contributed by atoms with Crippen molar-refractivity contribution in [2.24, 2.45) is 0 Å². The lowest BCUT2D eigenvalue weighted by Gasteiger charge is -2.13. The number of aromatic nitrogens is 5. The van der Waals surface area contributed by atoms with E-state index in [1.807, 2.05) is 38.1 Å². The van der Waals surface area contributed by atoms with Crippen LogP contribution in [0.25, 0.3) is 21.9 Å². The molecule has 1 fully saturated rings. The summed E-state index contributed by atoms with van der Waals surface area (Å²) in [6.07, 6.45) is 4.48. The second kappa shape index (κ2) is 7.64. The summed E-state index contributed by atoms with van der Waals surface area (Å²) in [7, 11) is 0. The van der Waals surface area contributed by atoms with Crippen LogP contribution in [-0.2, 0) is 17.9 Å². The molecule has 1 aliphatic rings. The van der Waals surface area contributed by atoms with E-state index in [0.717, 1.165) is 30.2 Å². The Kier molecular flexibility index (Phi) is 4.80. The van der Waals surface area contributed by atoms with Gasteiger partial charge < -0.3 is 14.4 Å². The van der Waals surface area contributed by atoms with Crippen molar-refractivity contribution in [2.45, 2.75) is 58.2 Å². The van der Waals surface area contributed by atoms with Gasteiger partial charge in [0.05, 0.1) is 11.8 Å². The van der Waals surface area contributed by atoms with E-state index in [4.69, 9.17) is 4.52 Å². The molecule has 9 nitrogen and oxygen atoms in total. The summed E-state index contributed by atoms with van der Waals surface area (Å²) in [5.41, 5.74) is 1.53. The van der Waals surface area contributed by atoms with E-state index in [-0.39, 0.29) is 30.6 Å². The van der Waals surface area contributed by atoms with Crippen LogP contribution in [0.2, 0.25) is 0 Å². The van der Waals surface area contributed by atoms with Crippen molar-refractivity contribution in [2.75, 3.05) is 0 Å². The molecular formula is C22H24N6O3. The third-order valence-electron chi connectivity index (χ3n) is 5.79. The number of para-hydroxylation sites is 1. The molecule has 1 saturated carbocycles. The lowest BCUT2D eigenvalue weighted by molar-refractivity contribution is -0.122. The largest absolute Gasteiger partial charge is 0.352 e. The molecule has 0 unspecified atom stereocenters. The summed E-state index contributed by atoms with van der Waals surface area (Å²) < 4.78 is 8.53. The van der Waals surface area contributed by atoms with Gasteiger partial charge in [0.2, 0.25) is 11.8 Å². The Morgan fingerprint density at radius 1 is 1.32 bits per heavy atom. The molecule has 0 saturated heterocycles. The normalized spacial score (nSPS) is 14.9. The molecule has 0 bridgehead atoms. The Bertz CT molecular complexity index is 1330. The maximum atomic E-state index is 13.4. The first-order valence-electron chi connectivity index (χ1n) is 10.6. The topological polar surface area (TPSA) is 108 Å². The maximum absolute atomic E-state index is 13.4. The molecule has 0 radical (unpaired) electrons. The molecule has 4 aromatic rings. The summed E-state index contributed by atoms with van der Waals surface area (Å²) in [6, 6.07) is 7.67. The van der Waals surface area contributed by atoms with E-state index in [1.54, 1.807) is 4.57 Å². The number of nitrogens with one attached hydrogen (secondary N) is 1. The van der Waals surface area contributed by atoms with Crippen LogP contribution >= 0.6 is 0 Å². The number of nitrogens with zero attached hydrogens (tertiary/aromatic N) is 5. The monoisotopic (exact) mass is 420 g/mol. The van der Waals surface area contributed by atoms with E-state index in [1.165, 1.54) is 10.9 Å². The first-order chi connectivity index (χ1) is 15.0. The van der Waals surface area contributed by atoms with Crippen molar-refractivity contribution in [3.63, 3.8) is 0 Å². The average molecular weight is 420 g/mol. The smallest absolute Gasteiger partial charge is 0.278 e. The van der Waals surface area contributed by atoms with Crippen molar-refractivity contribution in [1.29, 1.82) is 0 Å². The number of carbonyl (C=O) groups is 1. The van der Waals surface area contributed by atoms with Crippen LogP contribution < -0.4 is 10.9 Å². The fourth-order valence-electron chi connectivity index (χ4n) is 3.78. The highest BCUT2D eigenvalue weighted by Crippen LogP contribution is 2.38. The highest BCUT2D eigenvalue weighted by Gasteiger charge is 2.29. The molecule has 1 N–H and O–H groups in total. The number of fused-ring (bicyclic) bond motifs is 3. The Morgan fingerprint density at radius 3 is 2.90 bits per heavy atom. The Morgan fingerprint density at radius 2 is 2.13 bits per heavy atom. The summed E-state index contributed by atoms with van der Waals surface area (Å²) in [6.45, 7) is 4.16. The first kappa shape index (κ1) is 19.5.